The van der Waals surface area contributed by atoms with E-state index in [0.29, 0.717) is 86.7 Å². The second-order valence-electron chi connectivity index (χ2n) is 25.7. The van der Waals surface area contributed by atoms with Crippen molar-refractivity contribution in [3.63, 3.8) is 0 Å². The molecule has 2 aromatic carbocycles. The summed E-state index contributed by atoms with van der Waals surface area (Å²) in [5.41, 5.74) is 4.83. The molecule has 0 saturated carbocycles. The number of esters is 4. The van der Waals surface area contributed by atoms with Gasteiger partial charge in [0.25, 0.3) is 0 Å². The molecule has 17 nitrogen and oxygen atoms in total. The van der Waals surface area contributed by atoms with E-state index in [9.17, 15) is 29.4 Å². The molecule has 2 heterocycles. The Balaban J connectivity index is 2.07. The number of aromatic hydroxyl groups is 2. The Hall–Kier alpha value is -6.16. The van der Waals surface area contributed by atoms with Gasteiger partial charge in [-0.1, -0.05) is 92.1 Å². The summed E-state index contributed by atoms with van der Waals surface area (Å²) in [7, 11) is -3.69. The largest absolute Gasteiger partial charge is 0.706 e. The number of hydrogen-bond acceptors (Lipinski definition) is 17. The summed E-state index contributed by atoms with van der Waals surface area (Å²) in [6.07, 6.45) is 3.98. The summed E-state index contributed by atoms with van der Waals surface area (Å²) in [5.74, 6) is -6.87. The Bertz CT molecular complexity index is 2830. The number of aromatic nitrogens is 2. The van der Waals surface area contributed by atoms with Crippen LogP contribution < -0.4 is 9.47 Å². The third kappa shape index (κ3) is 17.6. The third-order valence-corrected chi connectivity index (χ3v) is 20.1. The zero-order valence-corrected chi connectivity index (χ0v) is 58.0. The first kappa shape index (κ1) is 74.3. The average Bonchev–Trinajstić information content (AvgIpc) is 1.04. The molecule has 0 radical (unpaired) electrons. The van der Waals surface area contributed by atoms with Crippen LogP contribution in [0.4, 0.5) is 0 Å². The van der Waals surface area contributed by atoms with Crippen LogP contribution in [0.15, 0.2) is 36.4 Å². The van der Waals surface area contributed by atoms with Crippen LogP contribution in [-0.4, -0.2) is 82.1 Å². The first-order valence-electron chi connectivity index (χ1n) is 31.6. The lowest BCUT2D eigenvalue weighted by Gasteiger charge is -2.34. The lowest BCUT2D eigenvalue weighted by molar-refractivity contribution is -0.225. The van der Waals surface area contributed by atoms with Crippen molar-refractivity contribution in [1.29, 1.82) is 0 Å². The zero-order chi connectivity index (χ0) is 66.5. The highest BCUT2D eigenvalue weighted by molar-refractivity contribution is 7.33. The van der Waals surface area contributed by atoms with Crippen LogP contribution in [0.5, 0.6) is 23.0 Å². The van der Waals surface area contributed by atoms with Crippen molar-refractivity contribution in [1.82, 2.24) is 9.97 Å². The minimum absolute atomic E-state index is 0.0344. The SMILES string of the molecule is CCC(C)(CC)C(=O)OCC(COC(=O)C(C)(CC)CC)(Oc1cc(C)c(Cc2ccc(O)c(C(C)C)n2)c(C)c1C)O[P+](=O)OC(COC(=O)C(C)(CC)CC)(COC(=O)C(C)(CC)CC)Oc1cc(C)c(Cc2ccc(O)c(C(C)C)n2)c(C)c1C. The number of nitrogens with zero attached hydrogens (tertiary/aromatic N) is 2. The van der Waals surface area contributed by atoms with Gasteiger partial charge in [0, 0.05) is 28.8 Å². The van der Waals surface area contributed by atoms with Crippen LogP contribution in [-0.2, 0) is 64.6 Å². The second kappa shape index (κ2) is 31.0. The molecule has 0 fully saturated rings. The molecule has 0 aliphatic rings. The molecule has 2 aromatic heterocycles. The van der Waals surface area contributed by atoms with Crippen molar-refractivity contribution in [3.8, 4) is 23.0 Å². The number of ether oxygens (including phenoxy) is 6. The standard InChI is InChI=1S/C70H103N2O15P/c1-23-65(19,24-2)61(75)80-39-69(40-81-62(76)66(20,25-3)26-4,84-57-35-45(13)53(47(15)49(57)17)37-51-31-33-55(73)59(71-51)43(9)10)86-88(79)87-70(41-82-63(77)67(21,27-5)28-6,42-83-64(78)68(22,29-7)30-8)85-58-36-46(14)54(48(16)50(58)18)38-52-32-34-56(74)60(72-52)44(11)12/h31-36,43-44H,23-30,37-42H2,1-22H3,(H-,73,74)/p+1. The molecule has 4 aromatic rings. The number of carbonyl (C=O) groups is 4. The Labute approximate surface area is 526 Å². The highest BCUT2D eigenvalue weighted by Crippen LogP contribution is 2.44. The Morgan fingerprint density at radius 2 is 0.716 bits per heavy atom. The fraction of sp³-hybridized carbons (Fsp3) is 0.629. The van der Waals surface area contributed by atoms with Crippen molar-refractivity contribution in [2.45, 2.75) is 240 Å². The molecule has 0 bridgehead atoms. The quantitative estimate of drug-likeness (QED) is 0.0192. The molecule has 0 spiro atoms. The molecule has 0 amide bonds. The third-order valence-electron chi connectivity index (χ3n) is 19.1. The fourth-order valence-electron chi connectivity index (χ4n) is 9.97. The number of hydrogen-bond donors (Lipinski definition) is 2. The summed E-state index contributed by atoms with van der Waals surface area (Å²) >= 11 is 0. The van der Waals surface area contributed by atoms with E-state index in [0.717, 1.165) is 44.8 Å². The van der Waals surface area contributed by atoms with Gasteiger partial charge < -0.3 is 38.6 Å². The average molecular weight is 1240 g/mol. The van der Waals surface area contributed by atoms with E-state index in [-0.39, 0.29) is 34.8 Å². The lowest BCUT2D eigenvalue weighted by Crippen LogP contribution is -2.52. The first-order chi connectivity index (χ1) is 41.1. The molecular formula is C70H104N2O15P+. The van der Waals surface area contributed by atoms with E-state index in [2.05, 4.69) is 0 Å². The first-order valence-corrected chi connectivity index (χ1v) is 32.7. The monoisotopic (exact) mass is 1240 g/mol. The van der Waals surface area contributed by atoms with Gasteiger partial charge in [0.1, 0.15) is 23.0 Å². The second-order valence-corrected chi connectivity index (χ2v) is 26.5. The van der Waals surface area contributed by atoms with Crippen LogP contribution in [0, 0.1) is 63.2 Å². The molecule has 0 aliphatic heterocycles. The maximum Gasteiger partial charge on any atom is 0.706 e. The number of aryl methyl sites for hydroxylation is 2. The van der Waals surface area contributed by atoms with Gasteiger partial charge >= 0.3 is 43.7 Å². The van der Waals surface area contributed by atoms with Crippen molar-refractivity contribution in [2.75, 3.05) is 26.4 Å². The minimum Gasteiger partial charge on any atom is -0.506 e. The van der Waals surface area contributed by atoms with Gasteiger partial charge in [-0.2, -0.15) is 0 Å². The maximum atomic E-state index is 15.8. The van der Waals surface area contributed by atoms with Crippen LogP contribution in [0.25, 0.3) is 0 Å². The highest BCUT2D eigenvalue weighted by atomic mass is 31.1. The van der Waals surface area contributed by atoms with Crippen molar-refractivity contribution >= 4 is 32.1 Å². The van der Waals surface area contributed by atoms with Gasteiger partial charge in [-0.25, -0.2) is 0 Å². The Morgan fingerprint density at radius 1 is 0.455 bits per heavy atom. The van der Waals surface area contributed by atoms with E-state index >= 15 is 4.57 Å². The molecule has 18 heteroatoms. The smallest absolute Gasteiger partial charge is 0.506 e. The van der Waals surface area contributed by atoms with Crippen LogP contribution >= 0.6 is 8.25 Å². The minimum atomic E-state index is -3.69. The van der Waals surface area contributed by atoms with Gasteiger partial charge in [-0.3, -0.25) is 29.1 Å². The summed E-state index contributed by atoms with van der Waals surface area (Å²) < 4.78 is 67.7. The van der Waals surface area contributed by atoms with E-state index < -0.39 is 91.8 Å². The van der Waals surface area contributed by atoms with E-state index in [1.807, 2.05) is 125 Å². The highest BCUT2D eigenvalue weighted by Gasteiger charge is 2.56. The van der Waals surface area contributed by atoms with Crippen molar-refractivity contribution in [2.24, 2.45) is 21.7 Å². The Kier molecular flexibility index (Phi) is 26.2. The number of carbonyl (C=O) groups excluding carboxylic acids is 4. The van der Waals surface area contributed by atoms with Gasteiger partial charge in [-0.05, 0) is 213 Å². The van der Waals surface area contributed by atoms with Gasteiger partial charge in [-0.15, -0.1) is 0 Å². The fourth-order valence-corrected chi connectivity index (χ4v) is 10.8. The van der Waals surface area contributed by atoms with E-state index in [4.69, 9.17) is 47.4 Å². The van der Waals surface area contributed by atoms with Gasteiger partial charge in [0.2, 0.25) is 0 Å². The molecule has 488 valence electrons. The zero-order valence-electron chi connectivity index (χ0n) is 57.1. The molecule has 4 rings (SSSR count). The molecule has 0 aliphatic carbocycles. The molecular weight excluding hydrogens is 1140 g/mol. The van der Waals surface area contributed by atoms with Crippen LogP contribution in [0.3, 0.4) is 0 Å². The molecule has 0 atom stereocenters. The molecule has 0 unspecified atom stereocenters. The molecule has 2 N–H and O–H groups in total. The van der Waals surface area contributed by atoms with Crippen LogP contribution in [0.1, 0.15) is 241 Å². The molecule has 0 saturated heterocycles. The van der Waals surface area contributed by atoms with E-state index in [1.54, 1.807) is 64.1 Å². The van der Waals surface area contributed by atoms with Crippen molar-refractivity contribution < 1.29 is 71.4 Å². The predicted octanol–water partition coefficient (Wildman–Crippen LogP) is 16.2. The number of benzene rings is 2. The van der Waals surface area contributed by atoms with Crippen LogP contribution in [0.2, 0.25) is 0 Å². The summed E-state index contributed by atoms with van der Waals surface area (Å²) in [6, 6.07) is 10.4. The van der Waals surface area contributed by atoms with Crippen molar-refractivity contribution in [3.05, 3.63) is 104 Å². The normalized spacial score (nSPS) is 12.5. The number of rotatable bonds is 34. The maximum absolute atomic E-state index is 15.8. The Morgan fingerprint density at radius 3 is 0.955 bits per heavy atom. The topological polar surface area (TPSA) is 225 Å². The van der Waals surface area contributed by atoms with E-state index in [1.165, 1.54) is 0 Å². The molecule has 88 heavy (non-hydrogen) atoms. The van der Waals surface area contributed by atoms with Gasteiger partial charge in [0.15, 0.2) is 26.4 Å². The van der Waals surface area contributed by atoms with Gasteiger partial charge in [0.05, 0.1) is 33.0 Å². The summed E-state index contributed by atoms with van der Waals surface area (Å²) in [4.78, 5) is 67.0. The summed E-state index contributed by atoms with van der Waals surface area (Å²) in [6.45, 7) is 38.0. The lowest BCUT2D eigenvalue weighted by atomic mass is 9.85. The number of pyridine rings is 2. The summed E-state index contributed by atoms with van der Waals surface area (Å²) in [5, 5.41) is 21.2. The predicted molar refractivity (Wildman–Crippen MR) is 342 cm³/mol.